The highest BCUT2D eigenvalue weighted by atomic mass is 16.3. The van der Waals surface area contributed by atoms with Crippen LogP contribution in [0.25, 0.3) is 0 Å². The molecule has 2 saturated carbocycles. The Balaban J connectivity index is 1.33. The van der Waals surface area contributed by atoms with Gasteiger partial charge >= 0.3 is 0 Å². The lowest BCUT2D eigenvalue weighted by Gasteiger charge is -2.52. The third kappa shape index (κ3) is 4.99. The highest BCUT2D eigenvalue weighted by molar-refractivity contribution is 5.90. The van der Waals surface area contributed by atoms with Gasteiger partial charge in [0.2, 0.25) is 11.9 Å². The van der Waals surface area contributed by atoms with Crippen molar-refractivity contribution in [3.63, 3.8) is 0 Å². The number of aliphatic hydroxyl groups is 1. The molecule has 1 aromatic heterocycles. The zero-order valence-electron chi connectivity index (χ0n) is 21.8. The Morgan fingerprint density at radius 1 is 1.19 bits per heavy atom. The molecule has 1 atom stereocenters. The summed E-state index contributed by atoms with van der Waals surface area (Å²) in [5.41, 5.74) is 1.34. The molecule has 1 aromatic carbocycles. The monoisotopic (exact) mass is 503 g/mol. The van der Waals surface area contributed by atoms with Crippen molar-refractivity contribution in [1.29, 1.82) is 5.26 Å². The first-order chi connectivity index (χ1) is 17.8. The Kier molecular flexibility index (Phi) is 7.28. The number of aliphatic hydroxyl groups excluding tert-OH is 1. The second kappa shape index (κ2) is 10.5. The molecule has 196 valence electrons. The smallest absolute Gasteiger partial charge is 0.241 e. The van der Waals surface area contributed by atoms with Crippen molar-refractivity contribution in [2.45, 2.75) is 62.4 Å². The molecule has 2 aliphatic carbocycles. The summed E-state index contributed by atoms with van der Waals surface area (Å²) in [6, 6.07) is 14.2. The lowest BCUT2D eigenvalue weighted by molar-refractivity contribution is -0.126. The van der Waals surface area contributed by atoms with E-state index in [-0.39, 0.29) is 35.2 Å². The molecule has 2 aromatic rings. The van der Waals surface area contributed by atoms with Gasteiger partial charge in [-0.2, -0.15) is 5.26 Å². The molecule has 2 heterocycles. The van der Waals surface area contributed by atoms with Crippen LogP contribution in [0.3, 0.4) is 0 Å². The largest absolute Gasteiger partial charge is 0.365 e. The summed E-state index contributed by atoms with van der Waals surface area (Å²) in [7, 11) is 4.33. The van der Waals surface area contributed by atoms with Crippen LogP contribution in [0.5, 0.6) is 0 Å². The maximum atomic E-state index is 12.9. The van der Waals surface area contributed by atoms with Crippen LogP contribution in [0.1, 0.15) is 56.2 Å². The molecule has 1 saturated heterocycles. The van der Waals surface area contributed by atoms with Crippen LogP contribution in [0.2, 0.25) is 0 Å². The number of nitrogens with one attached hydrogen (secondary N) is 1. The van der Waals surface area contributed by atoms with Crippen LogP contribution >= 0.6 is 0 Å². The highest BCUT2D eigenvalue weighted by Crippen LogP contribution is 2.50. The fourth-order valence-corrected chi connectivity index (χ4v) is 6.52. The van der Waals surface area contributed by atoms with Crippen LogP contribution in [0, 0.1) is 17.2 Å². The third-order valence-corrected chi connectivity index (χ3v) is 8.93. The van der Waals surface area contributed by atoms with E-state index in [4.69, 9.17) is 5.26 Å². The number of hydrogen-bond donors (Lipinski definition) is 2. The van der Waals surface area contributed by atoms with E-state index < -0.39 is 6.35 Å². The molecule has 1 amide bonds. The summed E-state index contributed by atoms with van der Waals surface area (Å²) in [6.07, 6.45) is 8.21. The summed E-state index contributed by atoms with van der Waals surface area (Å²) < 4.78 is 0. The van der Waals surface area contributed by atoms with E-state index in [2.05, 4.69) is 69.5 Å². The van der Waals surface area contributed by atoms with Crippen LogP contribution < -0.4 is 5.32 Å². The van der Waals surface area contributed by atoms with Crippen molar-refractivity contribution < 1.29 is 9.90 Å². The van der Waals surface area contributed by atoms with E-state index in [0.29, 0.717) is 12.5 Å². The SMILES string of the molecule is CN(C)C1(c2ccccc2)CCC2(CC1)CN(CC(=O)Nc1nccc(C#N)n1)C(O)N2CC1CCC1. The van der Waals surface area contributed by atoms with Gasteiger partial charge in [-0.3, -0.25) is 24.8 Å². The lowest BCUT2D eigenvalue weighted by atomic mass is 9.68. The maximum Gasteiger partial charge on any atom is 0.241 e. The average molecular weight is 504 g/mol. The Hall–Kier alpha value is -2.90. The Morgan fingerprint density at radius 2 is 1.92 bits per heavy atom. The second-order valence-corrected chi connectivity index (χ2v) is 11.1. The second-order valence-electron chi connectivity index (χ2n) is 11.1. The summed E-state index contributed by atoms with van der Waals surface area (Å²) >= 11 is 0. The normalized spacial score (nSPS) is 28.8. The lowest BCUT2D eigenvalue weighted by Crippen LogP contribution is -2.57. The van der Waals surface area contributed by atoms with Gasteiger partial charge in [-0.25, -0.2) is 9.97 Å². The summed E-state index contributed by atoms with van der Waals surface area (Å²) in [5, 5.41) is 23.2. The molecular weight excluding hydrogens is 466 g/mol. The van der Waals surface area contributed by atoms with Crippen molar-refractivity contribution in [2.75, 3.05) is 39.0 Å². The first-order valence-corrected chi connectivity index (χ1v) is 13.3. The number of hydrogen-bond acceptors (Lipinski definition) is 8. The molecule has 1 unspecified atom stereocenters. The number of anilines is 1. The molecule has 5 rings (SSSR count). The Labute approximate surface area is 219 Å². The van der Waals surface area contributed by atoms with Crippen molar-refractivity contribution >= 4 is 11.9 Å². The number of nitrogens with zero attached hydrogens (tertiary/aromatic N) is 6. The number of carbonyl (C=O) groups excluding carboxylic acids is 1. The van der Waals surface area contributed by atoms with Crippen LogP contribution in [0.15, 0.2) is 42.6 Å². The van der Waals surface area contributed by atoms with Crippen molar-refractivity contribution in [2.24, 2.45) is 5.92 Å². The van der Waals surface area contributed by atoms with Crippen LogP contribution in [0.4, 0.5) is 5.95 Å². The van der Waals surface area contributed by atoms with E-state index in [9.17, 15) is 9.90 Å². The number of amides is 1. The van der Waals surface area contributed by atoms with Crippen molar-refractivity contribution in [3.8, 4) is 6.07 Å². The quantitative estimate of drug-likeness (QED) is 0.594. The summed E-state index contributed by atoms with van der Waals surface area (Å²) in [5.74, 6) is 0.421. The number of rotatable bonds is 7. The van der Waals surface area contributed by atoms with E-state index in [1.54, 1.807) is 0 Å². The zero-order valence-corrected chi connectivity index (χ0v) is 21.8. The van der Waals surface area contributed by atoms with Gasteiger partial charge in [-0.15, -0.1) is 0 Å². The molecule has 1 spiro atoms. The Bertz CT molecular complexity index is 1140. The Morgan fingerprint density at radius 3 is 2.54 bits per heavy atom. The highest BCUT2D eigenvalue weighted by Gasteiger charge is 2.55. The van der Waals surface area contributed by atoms with Gasteiger partial charge < -0.3 is 5.11 Å². The standard InChI is InChI=1S/C28H37N7O2/c1-33(2)28(22-9-4-3-5-10-22)14-12-27(13-15-28)20-34(26(37)35(27)18-21-7-6-8-21)19-24(36)32-25-30-16-11-23(17-29)31-25/h3-5,9-11,16,21,26,37H,6-8,12-15,18-20H2,1-2H3,(H,30,31,32,36). The first-order valence-electron chi connectivity index (χ1n) is 13.3. The molecule has 0 bridgehead atoms. The topological polar surface area (TPSA) is 109 Å². The minimum Gasteiger partial charge on any atom is -0.365 e. The van der Waals surface area contributed by atoms with E-state index in [1.165, 1.54) is 37.1 Å². The van der Waals surface area contributed by atoms with E-state index in [0.717, 1.165) is 32.2 Å². The van der Waals surface area contributed by atoms with Gasteiger partial charge in [0, 0.05) is 30.4 Å². The number of aromatic nitrogens is 2. The molecule has 3 fully saturated rings. The molecule has 3 aliphatic rings. The van der Waals surface area contributed by atoms with E-state index in [1.807, 2.05) is 11.0 Å². The molecule has 2 N–H and O–H groups in total. The van der Waals surface area contributed by atoms with Crippen molar-refractivity contribution in [3.05, 3.63) is 53.9 Å². The van der Waals surface area contributed by atoms with Gasteiger partial charge in [0.05, 0.1) is 6.54 Å². The fraction of sp³-hybridized carbons (Fsp3) is 0.571. The fourth-order valence-electron chi connectivity index (χ4n) is 6.52. The van der Waals surface area contributed by atoms with Gasteiger partial charge in [0.1, 0.15) is 11.8 Å². The molecule has 1 aliphatic heterocycles. The number of carbonyl (C=O) groups is 1. The predicted octanol–water partition coefficient (Wildman–Crippen LogP) is 2.75. The van der Waals surface area contributed by atoms with Gasteiger partial charge in [0.25, 0.3) is 0 Å². The third-order valence-electron chi connectivity index (χ3n) is 8.93. The average Bonchev–Trinajstić information content (AvgIpc) is 3.12. The minimum absolute atomic E-state index is 0.0342. The molecule has 9 nitrogen and oxygen atoms in total. The number of nitriles is 1. The maximum absolute atomic E-state index is 12.9. The molecular formula is C28H37N7O2. The van der Waals surface area contributed by atoms with Crippen LogP contribution in [-0.4, -0.2) is 81.3 Å². The van der Waals surface area contributed by atoms with Gasteiger partial charge in [0.15, 0.2) is 6.35 Å². The van der Waals surface area contributed by atoms with Crippen LogP contribution in [-0.2, 0) is 10.3 Å². The van der Waals surface area contributed by atoms with E-state index >= 15 is 0 Å². The first kappa shape index (κ1) is 25.7. The van der Waals surface area contributed by atoms with Gasteiger partial charge in [-0.05, 0) is 70.2 Å². The summed E-state index contributed by atoms with van der Waals surface area (Å²) in [4.78, 5) is 27.5. The number of benzene rings is 1. The predicted molar refractivity (Wildman–Crippen MR) is 140 cm³/mol. The molecule has 37 heavy (non-hydrogen) atoms. The van der Waals surface area contributed by atoms with Crippen molar-refractivity contribution in [1.82, 2.24) is 24.7 Å². The summed E-state index contributed by atoms with van der Waals surface area (Å²) in [6.45, 7) is 1.56. The van der Waals surface area contributed by atoms with Gasteiger partial charge in [-0.1, -0.05) is 36.8 Å². The zero-order chi connectivity index (χ0) is 26.0. The molecule has 0 radical (unpaired) electrons. The molecule has 9 heteroatoms. The minimum atomic E-state index is -0.804.